The van der Waals surface area contributed by atoms with Gasteiger partial charge in [0.15, 0.2) is 0 Å². The summed E-state index contributed by atoms with van der Waals surface area (Å²) in [5.41, 5.74) is 1.73. The Bertz CT molecular complexity index is 870. The average Bonchev–Trinajstić information content (AvgIpc) is 2.69. The second kappa shape index (κ2) is 8.73. The van der Waals surface area contributed by atoms with Crippen molar-refractivity contribution in [1.29, 1.82) is 0 Å². The third kappa shape index (κ3) is 4.22. The number of benzene rings is 2. The van der Waals surface area contributed by atoms with Crippen molar-refractivity contribution in [2.24, 2.45) is 0 Å². The van der Waals surface area contributed by atoms with Crippen LogP contribution in [0, 0.1) is 18.6 Å². The molecule has 0 aliphatic carbocycles. The third-order valence-corrected chi connectivity index (χ3v) is 5.90. The number of aliphatic hydroxyl groups excluding tert-OH is 5. The number of halogens is 3. The molecule has 2 aromatic rings. The van der Waals surface area contributed by atoms with Gasteiger partial charge in [-0.1, -0.05) is 18.2 Å². The summed E-state index contributed by atoms with van der Waals surface area (Å²) in [4.78, 5) is 0. The van der Waals surface area contributed by atoms with Crippen molar-refractivity contribution in [3.63, 3.8) is 0 Å². The number of rotatable bonds is 4. The molecule has 1 saturated heterocycles. The molecule has 0 amide bonds. The monoisotopic (exact) mass is 474 g/mol. The number of hydrogen-bond donors (Lipinski definition) is 5. The Morgan fingerprint density at radius 3 is 2.17 bits per heavy atom. The van der Waals surface area contributed by atoms with Crippen LogP contribution in [0.2, 0.25) is 0 Å². The standard InChI is InChI=1S/C20H21BrF2O6/c1-8-4-9(10-5-12(22)15(21)13(23)6-10)2-3-11(8)16(25)20-19(28)18(27)17(26)14(7-24)29-20/h2-6,14,16-20,24-28H,7H2,1H3/t14?,16-,17-,18?,19?,20-/m1/s1. The molecule has 1 aliphatic heterocycles. The van der Waals surface area contributed by atoms with Gasteiger partial charge in [-0.2, -0.15) is 0 Å². The number of aryl methyl sites for hydroxylation is 1. The fraction of sp³-hybridized carbons (Fsp3) is 0.400. The zero-order chi connectivity index (χ0) is 21.5. The molecule has 0 radical (unpaired) electrons. The van der Waals surface area contributed by atoms with Gasteiger partial charge in [-0.25, -0.2) is 8.78 Å². The Labute approximate surface area is 174 Å². The van der Waals surface area contributed by atoms with Gasteiger partial charge < -0.3 is 30.3 Å². The number of ether oxygens (including phenoxy) is 1. The van der Waals surface area contributed by atoms with Crippen LogP contribution in [-0.4, -0.2) is 62.7 Å². The van der Waals surface area contributed by atoms with E-state index in [9.17, 15) is 34.3 Å². The van der Waals surface area contributed by atoms with Crippen molar-refractivity contribution in [3.8, 4) is 11.1 Å². The first-order valence-corrected chi connectivity index (χ1v) is 9.69. The quantitative estimate of drug-likeness (QED) is 0.430. The number of aliphatic hydroxyl groups is 5. The van der Waals surface area contributed by atoms with E-state index in [-0.39, 0.29) is 4.47 Å². The predicted molar refractivity (Wildman–Crippen MR) is 103 cm³/mol. The molecule has 0 saturated carbocycles. The zero-order valence-electron chi connectivity index (χ0n) is 15.3. The first kappa shape index (κ1) is 22.2. The first-order valence-electron chi connectivity index (χ1n) is 8.89. The largest absolute Gasteiger partial charge is 0.394 e. The molecule has 5 N–H and O–H groups in total. The highest BCUT2D eigenvalue weighted by molar-refractivity contribution is 9.10. The Kier molecular flexibility index (Phi) is 6.69. The summed E-state index contributed by atoms with van der Waals surface area (Å²) in [6.45, 7) is 1.06. The lowest BCUT2D eigenvalue weighted by molar-refractivity contribution is -0.250. The molecule has 6 atom stereocenters. The van der Waals surface area contributed by atoms with Gasteiger partial charge in [0.25, 0.3) is 0 Å². The van der Waals surface area contributed by atoms with Crippen LogP contribution in [0.3, 0.4) is 0 Å². The molecule has 1 aliphatic rings. The highest BCUT2D eigenvalue weighted by Gasteiger charge is 2.46. The Morgan fingerprint density at radius 1 is 1.00 bits per heavy atom. The minimum Gasteiger partial charge on any atom is -0.394 e. The van der Waals surface area contributed by atoms with Crippen molar-refractivity contribution in [1.82, 2.24) is 0 Å². The summed E-state index contributed by atoms with van der Waals surface area (Å²) < 4.78 is 32.8. The molecule has 29 heavy (non-hydrogen) atoms. The maximum absolute atomic E-state index is 13.8. The molecule has 3 unspecified atom stereocenters. The van der Waals surface area contributed by atoms with E-state index in [0.717, 1.165) is 0 Å². The van der Waals surface area contributed by atoms with Crippen LogP contribution >= 0.6 is 15.9 Å². The summed E-state index contributed by atoms with van der Waals surface area (Å²) in [5.74, 6) is -1.49. The van der Waals surface area contributed by atoms with Crippen LogP contribution in [0.15, 0.2) is 34.8 Å². The van der Waals surface area contributed by atoms with Gasteiger partial charge in [0.1, 0.15) is 48.3 Å². The Balaban J connectivity index is 1.90. The summed E-state index contributed by atoms with van der Waals surface area (Å²) in [5, 5.41) is 50.0. The second-order valence-electron chi connectivity index (χ2n) is 7.06. The van der Waals surface area contributed by atoms with Gasteiger partial charge in [0, 0.05) is 0 Å². The first-order chi connectivity index (χ1) is 13.6. The molecular weight excluding hydrogens is 454 g/mol. The topological polar surface area (TPSA) is 110 Å². The minimum absolute atomic E-state index is 0.257. The van der Waals surface area contributed by atoms with Crippen molar-refractivity contribution in [2.45, 2.75) is 43.5 Å². The summed E-state index contributed by atoms with van der Waals surface area (Å²) in [6, 6.07) is 7.04. The molecule has 6 nitrogen and oxygen atoms in total. The predicted octanol–water partition coefficient (Wildman–Crippen LogP) is 1.58. The highest BCUT2D eigenvalue weighted by Crippen LogP contribution is 2.34. The van der Waals surface area contributed by atoms with Gasteiger partial charge in [0.05, 0.1) is 11.1 Å². The van der Waals surface area contributed by atoms with Crippen LogP contribution in [-0.2, 0) is 4.74 Å². The van der Waals surface area contributed by atoms with Crippen LogP contribution in [0.5, 0.6) is 0 Å². The van der Waals surface area contributed by atoms with Crippen LogP contribution in [0.1, 0.15) is 17.2 Å². The van der Waals surface area contributed by atoms with Gasteiger partial charge in [-0.3, -0.25) is 0 Å². The molecule has 0 bridgehead atoms. The van der Waals surface area contributed by atoms with E-state index in [1.54, 1.807) is 19.1 Å². The van der Waals surface area contributed by atoms with Crippen LogP contribution in [0.25, 0.3) is 11.1 Å². The van der Waals surface area contributed by atoms with E-state index >= 15 is 0 Å². The van der Waals surface area contributed by atoms with E-state index < -0.39 is 54.9 Å². The maximum atomic E-state index is 13.8. The smallest absolute Gasteiger partial charge is 0.140 e. The van der Waals surface area contributed by atoms with Crippen molar-refractivity contribution < 1.29 is 39.1 Å². The lowest BCUT2D eigenvalue weighted by Gasteiger charge is -2.42. The average molecular weight is 475 g/mol. The van der Waals surface area contributed by atoms with Crippen molar-refractivity contribution >= 4 is 15.9 Å². The van der Waals surface area contributed by atoms with Crippen LogP contribution < -0.4 is 0 Å². The Hall–Kier alpha value is -1.46. The molecule has 2 aromatic carbocycles. The molecule has 1 heterocycles. The lowest BCUT2D eigenvalue weighted by atomic mass is 9.88. The Morgan fingerprint density at radius 2 is 1.62 bits per heavy atom. The van der Waals surface area contributed by atoms with Gasteiger partial charge in [0.2, 0.25) is 0 Å². The molecule has 0 aromatic heterocycles. The van der Waals surface area contributed by atoms with E-state index in [4.69, 9.17) is 4.74 Å². The normalized spacial score (nSPS) is 28.4. The van der Waals surface area contributed by atoms with Gasteiger partial charge in [-0.05, 0) is 57.2 Å². The fourth-order valence-electron chi connectivity index (χ4n) is 3.48. The molecule has 3 rings (SSSR count). The molecule has 0 spiro atoms. The van der Waals surface area contributed by atoms with Crippen LogP contribution in [0.4, 0.5) is 8.78 Å². The van der Waals surface area contributed by atoms with Gasteiger partial charge in [-0.15, -0.1) is 0 Å². The minimum atomic E-state index is -1.60. The number of hydrogen-bond acceptors (Lipinski definition) is 6. The van der Waals surface area contributed by atoms with E-state index in [0.29, 0.717) is 22.3 Å². The second-order valence-corrected chi connectivity index (χ2v) is 7.86. The maximum Gasteiger partial charge on any atom is 0.140 e. The van der Waals surface area contributed by atoms with Gasteiger partial charge >= 0.3 is 0 Å². The molecule has 158 valence electrons. The van der Waals surface area contributed by atoms with Crippen molar-refractivity contribution in [3.05, 3.63) is 57.6 Å². The molecular formula is C20H21BrF2O6. The zero-order valence-corrected chi connectivity index (χ0v) is 16.9. The summed E-state index contributed by atoms with van der Waals surface area (Å²) >= 11 is 2.82. The highest BCUT2D eigenvalue weighted by atomic mass is 79.9. The lowest BCUT2D eigenvalue weighted by Crippen LogP contribution is -2.59. The molecule has 1 fully saturated rings. The van der Waals surface area contributed by atoms with E-state index in [1.807, 2.05) is 0 Å². The fourth-order valence-corrected chi connectivity index (χ4v) is 3.71. The van der Waals surface area contributed by atoms with E-state index in [2.05, 4.69) is 15.9 Å². The van der Waals surface area contributed by atoms with E-state index in [1.165, 1.54) is 18.2 Å². The molecule has 9 heteroatoms. The SMILES string of the molecule is Cc1cc(-c2cc(F)c(Br)c(F)c2)ccc1[C@@H](O)[C@H]1OC(CO)[C@@H](O)C(O)C1O. The summed E-state index contributed by atoms with van der Waals surface area (Å²) in [7, 11) is 0. The summed E-state index contributed by atoms with van der Waals surface area (Å²) in [6.07, 6.45) is -8.53. The third-order valence-electron chi connectivity index (χ3n) is 5.15. The van der Waals surface area contributed by atoms with Crippen molar-refractivity contribution in [2.75, 3.05) is 6.61 Å².